The molecule has 80 valence electrons. The van der Waals surface area contributed by atoms with Gasteiger partial charge in [-0.2, -0.15) is 4.37 Å². The molecule has 0 radical (unpaired) electrons. The van der Waals surface area contributed by atoms with Crippen LogP contribution in [0, 0.1) is 0 Å². The highest BCUT2D eigenvalue weighted by Gasteiger charge is 2.14. The molecule has 0 aromatic carbocycles. The Balaban J connectivity index is 2.76. The van der Waals surface area contributed by atoms with Crippen molar-refractivity contribution in [2.24, 2.45) is 0 Å². The van der Waals surface area contributed by atoms with Gasteiger partial charge < -0.3 is 4.90 Å². The molecular formula is C9H16BrN3S. The second kappa shape index (κ2) is 5.07. The molecule has 0 N–H and O–H groups in total. The lowest BCUT2D eigenvalue weighted by Crippen LogP contribution is -2.29. The molecule has 5 heteroatoms. The fraction of sp³-hybridized carbons (Fsp3) is 0.778. The van der Waals surface area contributed by atoms with Crippen LogP contribution in [-0.4, -0.2) is 27.8 Å². The van der Waals surface area contributed by atoms with E-state index >= 15 is 0 Å². The summed E-state index contributed by atoms with van der Waals surface area (Å²) in [6.45, 7) is 6.38. The van der Waals surface area contributed by atoms with E-state index in [2.05, 4.69) is 58.0 Å². The van der Waals surface area contributed by atoms with Gasteiger partial charge in [-0.05, 0) is 6.92 Å². The normalized spacial score (nSPS) is 13.3. The molecule has 0 saturated carbocycles. The first-order chi connectivity index (χ1) is 6.56. The van der Waals surface area contributed by atoms with E-state index in [0.29, 0.717) is 12.0 Å². The van der Waals surface area contributed by atoms with Gasteiger partial charge in [-0.3, -0.25) is 0 Å². The van der Waals surface area contributed by atoms with E-state index in [0.717, 1.165) is 16.3 Å². The fourth-order valence-corrected chi connectivity index (χ4v) is 2.20. The summed E-state index contributed by atoms with van der Waals surface area (Å²) in [4.78, 5) is 6.64. The SMILES string of the molecule is CC(C)c1nsc(N(C)C(C)CBr)n1. The minimum Gasteiger partial charge on any atom is -0.346 e. The molecule has 1 atom stereocenters. The van der Waals surface area contributed by atoms with Crippen molar-refractivity contribution in [3.8, 4) is 0 Å². The average molecular weight is 278 g/mol. The molecule has 0 saturated heterocycles. The van der Waals surface area contributed by atoms with Crippen molar-refractivity contribution in [2.45, 2.75) is 32.7 Å². The summed E-state index contributed by atoms with van der Waals surface area (Å²) in [6, 6.07) is 0.447. The number of hydrogen-bond acceptors (Lipinski definition) is 4. The Morgan fingerprint density at radius 1 is 1.43 bits per heavy atom. The van der Waals surface area contributed by atoms with E-state index in [1.807, 2.05) is 0 Å². The predicted octanol–water partition coefficient (Wildman–Crippen LogP) is 2.88. The smallest absolute Gasteiger partial charge is 0.205 e. The molecule has 0 aliphatic heterocycles. The molecular weight excluding hydrogens is 262 g/mol. The number of alkyl halides is 1. The molecule has 1 heterocycles. The number of aromatic nitrogens is 2. The molecule has 0 bridgehead atoms. The standard InChI is InChI=1S/C9H16BrN3S/c1-6(2)8-11-9(14-12-8)13(4)7(3)5-10/h6-7H,5H2,1-4H3. The Morgan fingerprint density at radius 2 is 2.07 bits per heavy atom. The van der Waals surface area contributed by atoms with Crippen LogP contribution in [0.15, 0.2) is 0 Å². The molecule has 3 nitrogen and oxygen atoms in total. The summed E-state index contributed by atoms with van der Waals surface area (Å²) >= 11 is 4.94. The molecule has 1 unspecified atom stereocenters. The summed E-state index contributed by atoms with van der Waals surface area (Å²) in [5, 5.41) is 1.95. The second-order valence-electron chi connectivity index (χ2n) is 3.70. The zero-order valence-corrected chi connectivity index (χ0v) is 11.4. The molecule has 0 aliphatic rings. The van der Waals surface area contributed by atoms with Crippen molar-refractivity contribution < 1.29 is 0 Å². The molecule has 1 rings (SSSR count). The first-order valence-corrected chi connectivity index (χ1v) is 6.58. The Kier molecular flexibility index (Phi) is 4.31. The lowest BCUT2D eigenvalue weighted by atomic mass is 10.2. The zero-order valence-electron chi connectivity index (χ0n) is 8.99. The van der Waals surface area contributed by atoms with Crippen molar-refractivity contribution >= 4 is 32.6 Å². The molecule has 1 aromatic heterocycles. The van der Waals surface area contributed by atoms with E-state index < -0.39 is 0 Å². The quantitative estimate of drug-likeness (QED) is 0.793. The van der Waals surface area contributed by atoms with Crippen molar-refractivity contribution in [3.63, 3.8) is 0 Å². The van der Waals surface area contributed by atoms with Crippen LogP contribution in [0.25, 0.3) is 0 Å². The van der Waals surface area contributed by atoms with Gasteiger partial charge in [0.25, 0.3) is 0 Å². The third-order valence-corrected chi connectivity index (χ3v) is 3.89. The Labute approximate surface area is 97.8 Å². The maximum absolute atomic E-state index is 4.49. The highest BCUT2D eigenvalue weighted by molar-refractivity contribution is 9.09. The predicted molar refractivity (Wildman–Crippen MR) is 65.7 cm³/mol. The van der Waals surface area contributed by atoms with Crippen LogP contribution in [0.3, 0.4) is 0 Å². The molecule has 1 aromatic rings. The van der Waals surface area contributed by atoms with E-state index in [1.54, 1.807) is 0 Å². The monoisotopic (exact) mass is 277 g/mol. The van der Waals surface area contributed by atoms with Crippen LogP contribution in [0.4, 0.5) is 5.13 Å². The first kappa shape index (κ1) is 11.9. The van der Waals surface area contributed by atoms with Crippen LogP contribution in [0.1, 0.15) is 32.5 Å². The second-order valence-corrected chi connectivity index (χ2v) is 5.08. The van der Waals surface area contributed by atoms with E-state index in [4.69, 9.17) is 0 Å². The van der Waals surface area contributed by atoms with E-state index in [1.165, 1.54) is 11.5 Å². The maximum atomic E-state index is 4.49. The summed E-state index contributed by atoms with van der Waals surface area (Å²) in [5.74, 6) is 1.35. The maximum Gasteiger partial charge on any atom is 0.205 e. The van der Waals surface area contributed by atoms with Gasteiger partial charge >= 0.3 is 0 Å². The minimum absolute atomic E-state index is 0.410. The zero-order chi connectivity index (χ0) is 10.7. The Morgan fingerprint density at radius 3 is 2.50 bits per heavy atom. The highest BCUT2D eigenvalue weighted by Crippen LogP contribution is 2.22. The van der Waals surface area contributed by atoms with Crippen molar-refractivity contribution in [1.29, 1.82) is 0 Å². The van der Waals surface area contributed by atoms with Crippen molar-refractivity contribution in [2.75, 3.05) is 17.3 Å². The molecule has 14 heavy (non-hydrogen) atoms. The first-order valence-electron chi connectivity index (χ1n) is 4.68. The number of hydrogen-bond donors (Lipinski definition) is 0. The topological polar surface area (TPSA) is 29.0 Å². The van der Waals surface area contributed by atoms with Crippen LogP contribution in [0.2, 0.25) is 0 Å². The lowest BCUT2D eigenvalue weighted by Gasteiger charge is -2.21. The number of anilines is 1. The van der Waals surface area contributed by atoms with Gasteiger partial charge in [0.05, 0.1) is 0 Å². The molecule has 0 aliphatic carbocycles. The number of halogens is 1. The van der Waals surface area contributed by atoms with Gasteiger partial charge in [0.2, 0.25) is 5.13 Å². The summed E-state index contributed by atoms with van der Waals surface area (Å²) in [7, 11) is 2.05. The van der Waals surface area contributed by atoms with Gasteiger partial charge in [0.15, 0.2) is 0 Å². The number of nitrogens with zero attached hydrogens (tertiary/aromatic N) is 3. The van der Waals surface area contributed by atoms with Gasteiger partial charge in [-0.1, -0.05) is 29.8 Å². The van der Waals surface area contributed by atoms with E-state index in [-0.39, 0.29) is 0 Å². The van der Waals surface area contributed by atoms with E-state index in [9.17, 15) is 0 Å². The van der Waals surface area contributed by atoms with Crippen molar-refractivity contribution in [1.82, 2.24) is 9.36 Å². The third kappa shape index (κ3) is 2.67. The summed E-state index contributed by atoms with van der Waals surface area (Å²) in [5.41, 5.74) is 0. The molecule has 0 amide bonds. The third-order valence-electron chi connectivity index (χ3n) is 2.13. The Hall–Kier alpha value is -0.160. The number of rotatable bonds is 4. The van der Waals surface area contributed by atoms with Gasteiger partial charge in [-0.15, -0.1) is 0 Å². The summed E-state index contributed by atoms with van der Waals surface area (Å²) in [6.07, 6.45) is 0. The Bertz CT molecular complexity index is 287. The van der Waals surface area contributed by atoms with Crippen LogP contribution < -0.4 is 4.90 Å². The largest absolute Gasteiger partial charge is 0.346 e. The van der Waals surface area contributed by atoms with Crippen LogP contribution in [-0.2, 0) is 0 Å². The lowest BCUT2D eigenvalue weighted by molar-refractivity contribution is 0.751. The molecule has 0 fully saturated rings. The highest BCUT2D eigenvalue weighted by atomic mass is 79.9. The fourth-order valence-electron chi connectivity index (χ4n) is 0.896. The molecule has 0 spiro atoms. The average Bonchev–Trinajstić information content (AvgIpc) is 2.64. The van der Waals surface area contributed by atoms with Gasteiger partial charge in [0.1, 0.15) is 5.82 Å². The van der Waals surface area contributed by atoms with Crippen molar-refractivity contribution in [3.05, 3.63) is 5.82 Å². The van der Waals surface area contributed by atoms with Gasteiger partial charge in [-0.25, -0.2) is 4.98 Å². The summed E-state index contributed by atoms with van der Waals surface area (Å²) < 4.78 is 4.33. The van der Waals surface area contributed by atoms with Gasteiger partial charge in [0, 0.05) is 35.9 Å². The minimum atomic E-state index is 0.410. The van der Waals surface area contributed by atoms with Crippen LogP contribution >= 0.6 is 27.5 Å². The van der Waals surface area contributed by atoms with Crippen LogP contribution in [0.5, 0.6) is 0 Å².